The van der Waals surface area contributed by atoms with Crippen LogP contribution in [-0.2, 0) is 4.74 Å². The van der Waals surface area contributed by atoms with E-state index < -0.39 is 0 Å². The van der Waals surface area contributed by atoms with Gasteiger partial charge in [-0.15, -0.1) is 0 Å². The summed E-state index contributed by atoms with van der Waals surface area (Å²) in [6, 6.07) is 14.1. The van der Waals surface area contributed by atoms with Crippen LogP contribution in [0.2, 0.25) is 0 Å². The van der Waals surface area contributed by atoms with E-state index in [0.29, 0.717) is 12.1 Å². The quantitative estimate of drug-likeness (QED) is 0.880. The highest BCUT2D eigenvalue weighted by molar-refractivity contribution is 5.94. The summed E-state index contributed by atoms with van der Waals surface area (Å²) in [5.74, 6) is 0.810. The zero-order valence-corrected chi connectivity index (χ0v) is 15.5. The standard InChI is InChI=1S/C21H26N4O2/c26-21(23-16-19-7-4-14-27-19)17-8-9-22-20(15-17)25-12-10-24(11-13-25)18-5-2-1-3-6-18/h1-3,5-6,8-9,15,19H,4,7,10-14,16H2,(H,23,26). The van der Waals surface area contributed by atoms with Crippen molar-refractivity contribution in [3.63, 3.8) is 0 Å². The number of pyridine rings is 1. The Morgan fingerprint density at radius 1 is 1.11 bits per heavy atom. The predicted molar refractivity (Wildman–Crippen MR) is 106 cm³/mol. The molecule has 0 spiro atoms. The summed E-state index contributed by atoms with van der Waals surface area (Å²) in [5.41, 5.74) is 1.91. The molecule has 0 aliphatic carbocycles. The van der Waals surface area contributed by atoms with Crippen molar-refractivity contribution < 1.29 is 9.53 Å². The fourth-order valence-corrected chi connectivity index (χ4v) is 3.68. The van der Waals surface area contributed by atoms with Crippen molar-refractivity contribution in [3.05, 3.63) is 54.2 Å². The van der Waals surface area contributed by atoms with E-state index in [-0.39, 0.29) is 12.0 Å². The molecule has 142 valence electrons. The fourth-order valence-electron chi connectivity index (χ4n) is 3.68. The summed E-state index contributed by atoms with van der Waals surface area (Å²) < 4.78 is 5.56. The molecule has 4 rings (SSSR count). The molecular formula is C21H26N4O2. The van der Waals surface area contributed by atoms with Crippen LogP contribution in [0.4, 0.5) is 11.5 Å². The topological polar surface area (TPSA) is 57.7 Å². The number of hydrogen-bond acceptors (Lipinski definition) is 5. The Balaban J connectivity index is 1.34. The van der Waals surface area contributed by atoms with Gasteiger partial charge in [0.15, 0.2) is 0 Å². The molecule has 2 fully saturated rings. The maximum atomic E-state index is 12.5. The number of carbonyl (C=O) groups excluding carboxylic acids is 1. The Morgan fingerprint density at radius 3 is 2.63 bits per heavy atom. The van der Waals surface area contributed by atoms with Crippen molar-refractivity contribution in [1.29, 1.82) is 0 Å². The summed E-state index contributed by atoms with van der Waals surface area (Å²) in [6.07, 6.45) is 3.98. The molecule has 2 aliphatic rings. The van der Waals surface area contributed by atoms with Crippen LogP contribution in [0, 0.1) is 0 Å². The lowest BCUT2D eigenvalue weighted by Crippen LogP contribution is -2.46. The number of ether oxygens (including phenoxy) is 1. The second kappa shape index (κ2) is 8.39. The summed E-state index contributed by atoms with van der Waals surface area (Å²) in [5, 5.41) is 2.98. The van der Waals surface area contributed by atoms with Crippen LogP contribution in [0.3, 0.4) is 0 Å². The molecule has 1 N–H and O–H groups in total. The number of hydrogen-bond donors (Lipinski definition) is 1. The minimum absolute atomic E-state index is 0.0583. The molecule has 1 aromatic heterocycles. The Morgan fingerprint density at radius 2 is 1.89 bits per heavy atom. The Hall–Kier alpha value is -2.60. The number of benzene rings is 1. The van der Waals surface area contributed by atoms with Crippen molar-refractivity contribution in [2.75, 3.05) is 49.1 Å². The zero-order chi connectivity index (χ0) is 18.5. The van der Waals surface area contributed by atoms with Crippen LogP contribution in [0.15, 0.2) is 48.7 Å². The molecule has 2 aromatic rings. The van der Waals surface area contributed by atoms with Gasteiger partial charge in [0.2, 0.25) is 0 Å². The van der Waals surface area contributed by atoms with Crippen molar-refractivity contribution in [2.45, 2.75) is 18.9 Å². The highest BCUT2D eigenvalue weighted by Gasteiger charge is 2.20. The third-order valence-electron chi connectivity index (χ3n) is 5.25. The molecule has 0 bridgehead atoms. The van der Waals surface area contributed by atoms with E-state index in [1.54, 1.807) is 12.3 Å². The van der Waals surface area contributed by atoms with Gasteiger partial charge in [-0.05, 0) is 37.1 Å². The summed E-state index contributed by atoms with van der Waals surface area (Å²) in [4.78, 5) is 21.6. The minimum Gasteiger partial charge on any atom is -0.376 e. The first-order chi connectivity index (χ1) is 13.3. The van der Waals surface area contributed by atoms with Crippen molar-refractivity contribution in [3.8, 4) is 0 Å². The molecule has 1 unspecified atom stereocenters. The van der Waals surface area contributed by atoms with Crippen LogP contribution in [0.25, 0.3) is 0 Å². The normalized spacial score (nSPS) is 19.9. The molecule has 0 saturated carbocycles. The average molecular weight is 366 g/mol. The number of para-hydroxylation sites is 1. The first kappa shape index (κ1) is 17.8. The molecule has 6 heteroatoms. The number of anilines is 2. The van der Waals surface area contributed by atoms with E-state index in [1.807, 2.05) is 12.1 Å². The van der Waals surface area contributed by atoms with Crippen LogP contribution >= 0.6 is 0 Å². The lowest BCUT2D eigenvalue weighted by molar-refractivity contribution is 0.0857. The Kier molecular flexibility index (Phi) is 5.53. The Bertz CT molecular complexity index is 754. The van der Waals surface area contributed by atoms with Gasteiger partial charge in [-0.3, -0.25) is 4.79 Å². The average Bonchev–Trinajstić information content (AvgIpc) is 3.27. The van der Waals surface area contributed by atoms with Gasteiger partial charge >= 0.3 is 0 Å². The van der Waals surface area contributed by atoms with Gasteiger partial charge in [0, 0.05) is 56.8 Å². The number of amides is 1. The molecule has 27 heavy (non-hydrogen) atoms. The number of aromatic nitrogens is 1. The molecule has 3 heterocycles. The van der Waals surface area contributed by atoms with Crippen LogP contribution in [-0.4, -0.2) is 56.3 Å². The van der Waals surface area contributed by atoms with Gasteiger partial charge in [0.25, 0.3) is 5.91 Å². The van der Waals surface area contributed by atoms with Gasteiger partial charge in [-0.1, -0.05) is 18.2 Å². The van der Waals surface area contributed by atoms with Gasteiger partial charge in [-0.25, -0.2) is 4.98 Å². The third kappa shape index (κ3) is 4.39. The first-order valence-corrected chi connectivity index (χ1v) is 9.70. The molecular weight excluding hydrogens is 340 g/mol. The summed E-state index contributed by atoms with van der Waals surface area (Å²) in [6.45, 7) is 5.05. The SMILES string of the molecule is O=C(NCC1CCCO1)c1ccnc(N2CCN(c3ccccc3)CC2)c1. The number of nitrogens with one attached hydrogen (secondary N) is 1. The fraction of sp³-hybridized carbons (Fsp3) is 0.429. The second-order valence-electron chi connectivity index (χ2n) is 7.06. The molecule has 2 aliphatic heterocycles. The van der Waals surface area contributed by atoms with E-state index >= 15 is 0 Å². The molecule has 2 saturated heterocycles. The molecule has 1 amide bonds. The molecule has 6 nitrogen and oxygen atoms in total. The minimum atomic E-state index is -0.0583. The lowest BCUT2D eigenvalue weighted by atomic mass is 10.2. The smallest absolute Gasteiger partial charge is 0.251 e. The third-order valence-corrected chi connectivity index (χ3v) is 5.25. The predicted octanol–water partition coefficient (Wildman–Crippen LogP) is 2.32. The number of rotatable bonds is 5. The maximum absolute atomic E-state index is 12.5. The van der Waals surface area contributed by atoms with Crippen molar-refractivity contribution >= 4 is 17.4 Å². The van der Waals surface area contributed by atoms with Crippen LogP contribution < -0.4 is 15.1 Å². The van der Waals surface area contributed by atoms with Crippen molar-refractivity contribution in [1.82, 2.24) is 10.3 Å². The maximum Gasteiger partial charge on any atom is 0.251 e. The second-order valence-corrected chi connectivity index (χ2v) is 7.06. The van der Waals surface area contributed by atoms with E-state index in [0.717, 1.165) is 51.4 Å². The van der Waals surface area contributed by atoms with E-state index in [9.17, 15) is 4.79 Å². The zero-order valence-electron chi connectivity index (χ0n) is 15.5. The van der Waals surface area contributed by atoms with Gasteiger partial charge in [0.05, 0.1) is 6.10 Å². The molecule has 0 radical (unpaired) electrons. The lowest BCUT2D eigenvalue weighted by Gasteiger charge is -2.36. The van der Waals surface area contributed by atoms with Crippen molar-refractivity contribution in [2.24, 2.45) is 0 Å². The number of carbonyl (C=O) groups is 1. The van der Waals surface area contributed by atoms with Crippen LogP contribution in [0.1, 0.15) is 23.2 Å². The molecule has 1 aromatic carbocycles. The molecule has 1 atom stereocenters. The monoisotopic (exact) mass is 366 g/mol. The van der Waals surface area contributed by atoms with Gasteiger partial charge in [-0.2, -0.15) is 0 Å². The number of piperazine rings is 1. The van der Waals surface area contributed by atoms with E-state index in [2.05, 4.69) is 44.4 Å². The van der Waals surface area contributed by atoms with E-state index in [1.165, 1.54) is 5.69 Å². The van der Waals surface area contributed by atoms with Gasteiger partial charge < -0.3 is 19.9 Å². The number of nitrogens with zero attached hydrogens (tertiary/aromatic N) is 3. The largest absolute Gasteiger partial charge is 0.376 e. The van der Waals surface area contributed by atoms with E-state index in [4.69, 9.17) is 4.74 Å². The highest BCUT2D eigenvalue weighted by Crippen LogP contribution is 2.19. The summed E-state index contributed by atoms with van der Waals surface area (Å²) in [7, 11) is 0. The van der Waals surface area contributed by atoms with Gasteiger partial charge in [0.1, 0.15) is 5.82 Å². The van der Waals surface area contributed by atoms with Crippen LogP contribution in [0.5, 0.6) is 0 Å². The highest BCUT2D eigenvalue weighted by atomic mass is 16.5. The Labute approximate surface area is 160 Å². The first-order valence-electron chi connectivity index (χ1n) is 9.70. The summed E-state index contributed by atoms with van der Waals surface area (Å²) >= 11 is 0.